The molecule has 0 aromatic carbocycles. The van der Waals surface area contributed by atoms with Gasteiger partial charge in [0.25, 0.3) is 0 Å². The van der Waals surface area contributed by atoms with E-state index in [1.807, 2.05) is 0 Å². The van der Waals surface area contributed by atoms with E-state index in [0.29, 0.717) is 19.3 Å². The molecule has 2 N–H and O–H groups in total. The fourth-order valence-electron chi connectivity index (χ4n) is 2.74. The molecule has 0 saturated carbocycles. The zero-order chi connectivity index (χ0) is 14.8. The molecule has 0 aromatic heterocycles. The number of amides is 1. The topological polar surface area (TPSA) is 50.4 Å². The second-order valence-electron chi connectivity index (χ2n) is 5.84. The number of nitrogens with one attached hydrogen (secondary N) is 2. The molecule has 4 nitrogen and oxygen atoms in total. The monoisotopic (exact) mass is 284 g/mol. The van der Waals surface area contributed by atoms with Gasteiger partial charge >= 0.3 is 0 Å². The molecule has 0 spiro atoms. The predicted molar refractivity (Wildman–Crippen MR) is 82.8 cm³/mol. The molecule has 0 radical (unpaired) electrons. The van der Waals surface area contributed by atoms with Crippen molar-refractivity contribution >= 4 is 5.91 Å². The Balaban J connectivity index is 2.45. The van der Waals surface area contributed by atoms with E-state index in [2.05, 4.69) is 31.4 Å². The Bertz CT molecular complexity index is 271. The van der Waals surface area contributed by atoms with E-state index in [4.69, 9.17) is 4.74 Å². The first-order valence-electron chi connectivity index (χ1n) is 8.34. The first-order valence-corrected chi connectivity index (χ1v) is 8.34. The van der Waals surface area contributed by atoms with Gasteiger partial charge in [-0.15, -0.1) is 0 Å². The zero-order valence-electron chi connectivity index (χ0n) is 13.4. The van der Waals surface area contributed by atoms with E-state index in [0.717, 1.165) is 32.2 Å². The Morgan fingerprint density at radius 3 is 2.60 bits per heavy atom. The van der Waals surface area contributed by atoms with Gasteiger partial charge in [0.1, 0.15) is 0 Å². The van der Waals surface area contributed by atoms with Gasteiger partial charge in [-0.05, 0) is 25.8 Å². The minimum absolute atomic E-state index is 0.0254. The average Bonchev–Trinajstić information content (AvgIpc) is 2.91. The SMILES string of the molecule is CCCCC(CCC)NC(=O)C1COCC1NCCC. The molecule has 1 rings (SSSR count). The first kappa shape index (κ1) is 17.4. The van der Waals surface area contributed by atoms with Gasteiger partial charge in [0.2, 0.25) is 5.91 Å². The van der Waals surface area contributed by atoms with Crippen LogP contribution in [0.1, 0.15) is 59.3 Å². The number of hydrogen-bond acceptors (Lipinski definition) is 3. The lowest BCUT2D eigenvalue weighted by molar-refractivity contribution is -0.126. The third-order valence-electron chi connectivity index (χ3n) is 3.96. The van der Waals surface area contributed by atoms with E-state index in [9.17, 15) is 4.79 Å². The van der Waals surface area contributed by atoms with E-state index in [1.54, 1.807) is 0 Å². The van der Waals surface area contributed by atoms with Crippen LogP contribution in [0.25, 0.3) is 0 Å². The van der Waals surface area contributed by atoms with Gasteiger partial charge in [-0.1, -0.05) is 40.0 Å². The summed E-state index contributed by atoms with van der Waals surface area (Å²) in [6.07, 6.45) is 6.74. The summed E-state index contributed by atoms with van der Waals surface area (Å²) in [7, 11) is 0. The van der Waals surface area contributed by atoms with Gasteiger partial charge in [-0.25, -0.2) is 0 Å². The number of carbonyl (C=O) groups excluding carboxylic acids is 1. The number of unbranched alkanes of at least 4 members (excludes halogenated alkanes) is 1. The lowest BCUT2D eigenvalue weighted by Gasteiger charge is -2.23. The lowest BCUT2D eigenvalue weighted by atomic mass is 10.00. The maximum atomic E-state index is 12.4. The van der Waals surface area contributed by atoms with Crippen LogP contribution in [0.2, 0.25) is 0 Å². The van der Waals surface area contributed by atoms with Crippen LogP contribution in [-0.4, -0.2) is 37.7 Å². The van der Waals surface area contributed by atoms with Crippen molar-refractivity contribution in [2.24, 2.45) is 5.92 Å². The van der Waals surface area contributed by atoms with Crippen molar-refractivity contribution in [3.8, 4) is 0 Å². The summed E-state index contributed by atoms with van der Waals surface area (Å²) in [5, 5.41) is 6.67. The highest BCUT2D eigenvalue weighted by atomic mass is 16.5. The molecule has 3 unspecified atom stereocenters. The van der Waals surface area contributed by atoms with Crippen molar-refractivity contribution in [2.45, 2.75) is 71.4 Å². The van der Waals surface area contributed by atoms with E-state index in [1.165, 1.54) is 12.8 Å². The summed E-state index contributed by atoms with van der Waals surface area (Å²) in [5.41, 5.74) is 0. The fourth-order valence-corrected chi connectivity index (χ4v) is 2.74. The zero-order valence-corrected chi connectivity index (χ0v) is 13.4. The fraction of sp³-hybridized carbons (Fsp3) is 0.938. The Morgan fingerprint density at radius 2 is 1.95 bits per heavy atom. The van der Waals surface area contributed by atoms with Crippen molar-refractivity contribution in [2.75, 3.05) is 19.8 Å². The van der Waals surface area contributed by atoms with Crippen LogP contribution in [0.15, 0.2) is 0 Å². The molecular weight excluding hydrogens is 252 g/mol. The highest BCUT2D eigenvalue weighted by Gasteiger charge is 2.34. The van der Waals surface area contributed by atoms with Crippen LogP contribution in [0, 0.1) is 5.92 Å². The van der Waals surface area contributed by atoms with Crippen LogP contribution >= 0.6 is 0 Å². The van der Waals surface area contributed by atoms with Crippen molar-refractivity contribution in [3.63, 3.8) is 0 Å². The Morgan fingerprint density at radius 1 is 1.15 bits per heavy atom. The minimum atomic E-state index is -0.0254. The quantitative estimate of drug-likeness (QED) is 0.648. The molecule has 0 bridgehead atoms. The van der Waals surface area contributed by atoms with Crippen LogP contribution in [0.5, 0.6) is 0 Å². The Kier molecular flexibility index (Phi) is 8.86. The Labute approximate surface area is 124 Å². The first-order chi connectivity index (χ1) is 9.72. The van der Waals surface area contributed by atoms with Crippen LogP contribution in [-0.2, 0) is 9.53 Å². The average molecular weight is 284 g/mol. The summed E-state index contributed by atoms with van der Waals surface area (Å²) >= 11 is 0. The summed E-state index contributed by atoms with van der Waals surface area (Å²) in [4.78, 5) is 12.4. The van der Waals surface area contributed by atoms with Crippen molar-refractivity contribution in [1.29, 1.82) is 0 Å². The molecular formula is C16H32N2O2. The Hall–Kier alpha value is -0.610. The molecule has 3 atom stereocenters. The number of rotatable bonds is 10. The third-order valence-corrected chi connectivity index (χ3v) is 3.96. The summed E-state index contributed by atoms with van der Waals surface area (Å²) in [6.45, 7) is 8.67. The molecule has 20 heavy (non-hydrogen) atoms. The molecule has 1 fully saturated rings. The van der Waals surface area contributed by atoms with Crippen LogP contribution < -0.4 is 10.6 Å². The number of hydrogen-bond donors (Lipinski definition) is 2. The number of ether oxygens (including phenoxy) is 1. The van der Waals surface area contributed by atoms with Gasteiger partial charge in [-0.3, -0.25) is 4.79 Å². The summed E-state index contributed by atoms with van der Waals surface area (Å²) in [5.74, 6) is 0.146. The molecule has 1 heterocycles. The van der Waals surface area contributed by atoms with Crippen molar-refractivity contribution < 1.29 is 9.53 Å². The maximum Gasteiger partial charge on any atom is 0.227 e. The maximum absolute atomic E-state index is 12.4. The van der Waals surface area contributed by atoms with Crippen LogP contribution in [0.4, 0.5) is 0 Å². The highest BCUT2D eigenvalue weighted by molar-refractivity contribution is 5.80. The summed E-state index contributed by atoms with van der Waals surface area (Å²) < 4.78 is 5.49. The van der Waals surface area contributed by atoms with E-state index >= 15 is 0 Å². The minimum Gasteiger partial charge on any atom is -0.379 e. The van der Waals surface area contributed by atoms with Gasteiger partial charge in [0.05, 0.1) is 19.1 Å². The molecule has 1 amide bonds. The largest absolute Gasteiger partial charge is 0.379 e. The molecule has 1 aliphatic heterocycles. The molecule has 0 aromatic rings. The predicted octanol–water partition coefficient (Wildman–Crippen LogP) is 2.48. The van der Waals surface area contributed by atoms with Gasteiger partial charge < -0.3 is 15.4 Å². The third kappa shape index (κ3) is 5.80. The van der Waals surface area contributed by atoms with Gasteiger partial charge in [-0.2, -0.15) is 0 Å². The van der Waals surface area contributed by atoms with E-state index < -0.39 is 0 Å². The van der Waals surface area contributed by atoms with E-state index in [-0.39, 0.29) is 17.9 Å². The molecule has 0 aliphatic carbocycles. The second-order valence-corrected chi connectivity index (χ2v) is 5.84. The van der Waals surface area contributed by atoms with Crippen LogP contribution in [0.3, 0.4) is 0 Å². The van der Waals surface area contributed by atoms with Gasteiger partial charge in [0, 0.05) is 12.1 Å². The molecule has 1 aliphatic rings. The molecule has 4 heteroatoms. The van der Waals surface area contributed by atoms with Gasteiger partial charge in [0.15, 0.2) is 0 Å². The molecule has 1 saturated heterocycles. The number of carbonyl (C=O) groups is 1. The lowest BCUT2D eigenvalue weighted by Crippen LogP contribution is -2.47. The molecule has 118 valence electrons. The summed E-state index contributed by atoms with van der Waals surface area (Å²) in [6, 6.07) is 0.517. The smallest absolute Gasteiger partial charge is 0.227 e. The van der Waals surface area contributed by atoms with Crippen molar-refractivity contribution in [3.05, 3.63) is 0 Å². The standard InChI is InChI=1S/C16H32N2O2/c1-4-7-9-13(8-5-2)18-16(19)14-11-20-12-15(14)17-10-6-3/h13-15,17H,4-12H2,1-3H3,(H,18,19). The normalized spacial score (nSPS) is 23.8. The highest BCUT2D eigenvalue weighted by Crippen LogP contribution is 2.16. The second kappa shape index (κ2) is 10.2. The van der Waals surface area contributed by atoms with Crippen molar-refractivity contribution in [1.82, 2.24) is 10.6 Å².